The van der Waals surface area contributed by atoms with Gasteiger partial charge in [0, 0.05) is 29.8 Å². The van der Waals surface area contributed by atoms with Crippen molar-refractivity contribution in [2.45, 2.75) is 44.3 Å². The van der Waals surface area contributed by atoms with E-state index in [9.17, 15) is 22.4 Å². The van der Waals surface area contributed by atoms with Crippen molar-refractivity contribution in [2.75, 3.05) is 31.5 Å². The smallest absolute Gasteiger partial charge is 0.320 e. The zero-order valence-electron chi connectivity index (χ0n) is 19.3. The Balaban J connectivity index is 1.50. The number of benzene rings is 2. The molecule has 1 atom stereocenters. The summed E-state index contributed by atoms with van der Waals surface area (Å²) in [6.07, 6.45) is 1.70. The third kappa shape index (κ3) is 6.76. The summed E-state index contributed by atoms with van der Waals surface area (Å²) in [6.45, 7) is 3.07. The largest absolute Gasteiger partial charge is 0.416 e. The highest BCUT2D eigenvalue weighted by molar-refractivity contribution is 6.30. The number of urea groups is 1. The van der Waals surface area contributed by atoms with Crippen molar-refractivity contribution in [1.82, 2.24) is 9.80 Å². The second-order valence-electron chi connectivity index (χ2n) is 9.07. The van der Waals surface area contributed by atoms with E-state index in [4.69, 9.17) is 11.6 Å². The predicted molar refractivity (Wildman–Crippen MR) is 130 cm³/mol. The van der Waals surface area contributed by atoms with Gasteiger partial charge in [-0.25, -0.2) is 9.18 Å². The third-order valence-corrected chi connectivity index (χ3v) is 6.85. The molecule has 0 bridgehead atoms. The highest BCUT2D eigenvalue weighted by atomic mass is 35.5. The highest BCUT2D eigenvalue weighted by Crippen LogP contribution is 2.33. The van der Waals surface area contributed by atoms with Crippen LogP contribution in [0.3, 0.4) is 0 Å². The number of hydrogen-bond donors (Lipinski definition) is 1. The molecule has 4 rings (SSSR count). The van der Waals surface area contributed by atoms with Crippen LogP contribution in [0.1, 0.15) is 43.2 Å². The first-order valence-corrected chi connectivity index (χ1v) is 12.2. The summed E-state index contributed by atoms with van der Waals surface area (Å²) in [5, 5.41) is 3.17. The van der Waals surface area contributed by atoms with E-state index >= 15 is 0 Å². The van der Waals surface area contributed by atoms with Crippen LogP contribution in [0.25, 0.3) is 5.57 Å². The Labute approximate surface area is 207 Å². The number of halogens is 5. The maximum absolute atomic E-state index is 13.9. The number of amides is 2. The molecule has 1 fully saturated rings. The predicted octanol–water partition coefficient (Wildman–Crippen LogP) is 7.06. The molecule has 1 aliphatic carbocycles. The number of nitrogens with one attached hydrogen (secondary N) is 1. The van der Waals surface area contributed by atoms with E-state index in [1.165, 1.54) is 0 Å². The lowest BCUT2D eigenvalue weighted by atomic mass is 9.90. The fraction of sp³-hybridized carbons (Fsp3) is 0.423. The standard InChI is InChI=1S/C26H28ClF4N3O/c27-21-5-3-4-19(14-21)18-6-8-24(9-7-18)34(13-12-33-10-1-2-11-33)25(35)32-23-16-20(26(29,30)31)15-22(28)17-23/h3-6,14-17,24H,1-2,7-13H2,(H,32,35). The summed E-state index contributed by atoms with van der Waals surface area (Å²) < 4.78 is 53.2. The number of anilines is 1. The van der Waals surface area contributed by atoms with E-state index in [0.29, 0.717) is 37.0 Å². The van der Waals surface area contributed by atoms with Crippen LogP contribution in [-0.4, -0.2) is 48.1 Å². The maximum Gasteiger partial charge on any atom is 0.416 e. The first-order valence-electron chi connectivity index (χ1n) is 11.8. The number of rotatable bonds is 6. The Morgan fingerprint density at radius 2 is 1.91 bits per heavy atom. The maximum atomic E-state index is 13.9. The molecule has 2 aromatic carbocycles. The van der Waals surface area contributed by atoms with Crippen LogP contribution in [0.15, 0.2) is 48.5 Å². The molecule has 0 radical (unpaired) electrons. The number of allylic oxidation sites excluding steroid dienone is 1. The molecule has 2 aromatic rings. The monoisotopic (exact) mass is 509 g/mol. The van der Waals surface area contributed by atoms with E-state index in [0.717, 1.165) is 55.6 Å². The Morgan fingerprint density at radius 3 is 2.57 bits per heavy atom. The van der Waals surface area contributed by atoms with E-state index in [1.54, 1.807) is 4.90 Å². The summed E-state index contributed by atoms with van der Waals surface area (Å²) in [5.74, 6) is -1.05. The minimum atomic E-state index is -4.71. The summed E-state index contributed by atoms with van der Waals surface area (Å²) >= 11 is 6.13. The van der Waals surface area contributed by atoms with E-state index < -0.39 is 23.6 Å². The Morgan fingerprint density at radius 1 is 1.14 bits per heavy atom. The lowest BCUT2D eigenvalue weighted by molar-refractivity contribution is -0.137. The lowest BCUT2D eigenvalue weighted by Crippen LogP contribution is -2.47. The topological polar surface area (TPSA) is 35.6 Å². The van der Waals surface area contributed by atoms with Crippen molar-refractivity contribution < 1.29 is 22.4 Å². The van der Waals surface area contributed by atoms with Gasteiger partial charge in [0.25, 0.3) is 0 Å². The number of carbonyl (C=O) groups is 1. The zero-order valence-corrected chi connectivity index (χ0v) is 20.0. The molecule has 35 heavy (non-hydrogen) atoms. The quantitative estimate of drug-likeness (QED) is 0.423. The molecule has 1 heterocycles. The molecule has 1 aliphatic heterocycles. The second kappa shape index (κ2) is 11.0. The molecular weight excluding hydrogens is 482 g/mol. The minimum Gasteiger partial charge on any atom is -0.320 e. The first-order chi connectivity index (χ1) is 16.7. The van der Waals surface area contributed by atoms with Gasteiger partial charge in [-0.05, 0) is 86.7 Å². The minimum absolute atomic E-state index is 0.115. The van der Waals surface area contributed by atoms with Gasteiger partial charge >= 0.3 is 12.2 Å². The molecule has 4 nitrogen and oxygen atoms in total. The van der Waals surface area contributed by atoms with Gasteiger partial charge in [0.1, 0.15) is 5.82 Å². The number of hydrogen-bond acceptors (Lipinski definition) is 2. The van der Waals surface area contributed by atoms with Gasteiger partial charge in [0.15, 0.2) is 0 Å². The molecule has 2 aliphatic rings. The second-order valence-corrected chi connectivity index (χ2v) is 9.50. The molecule has 1 N–H and O–H groups in total. The summed E-state index contributed by atoms with van der Waals surface area (Å²) in [6, 6.07) is 9.08. The fourth-order valence-corrected chi connectivity index (χ4v) is 4.97. The van der Waals surface area contributed by atoms with Crippen LogP contribution < -0.4 is 5.32 Å². The van der Waals surface area contributed by atoms with Crippen LogP contribution >= 0.6 is 11.6 Å². The van der Waals surface area contributed by atoms with Crippen molar-refractivity contribution in [3.63, 3.8) is 0 Å². The van der Waals surface area contributed by atoms with Gasteiger partial charge in [-0.15, -0.1) is 0 Å². The van der Waals surface area contributed by atoms with Crippen molar-refractivity contribution in [3.05, 3.63) is 70.5 Å². The van der Waals surface area contributed by atoms with Gasteiger partial charge in [0.2, 0.25) is 0 Å². The average Bonchev–Trinajstić information content (AvgIpc) is 3.32. The highest BCUT2D eigenvalue weighted by Gasteiger charge is 2.32. The Hall–Kier alpha value is -2.58. The molecule has 1 saturated heterocycles. The normalized spacial score (nSPS) is 18.9. The molecule has 1 unspecified atom stereocenters. The third-order valence-electron chi connectivity index (χ3n) is 6.61. The number of likely N-dealkylation sites (tertiary alicyclic amines) is 1. The number of alkyl halides is 3. The molecule has 0 saturated carbocycles. The van der Waals surface area contributed by atoms with Crippen molar-refractivity contribution in [2.24, 2.45) is 0 Å². The molecule has 0 spiro atoms. The first kappa shape index (κ1) is 25.5. The molecular formula is C26H28ClF4N3O. The van der Waals surface area contributed by atoms with Crippen LogP contribution in [0, 0.1) is 5.82 Å². The average molecular weight is 510 g/mol. The zero-order chi connectivity index (χ0) is 25.0. The van der Waals surface area contributed by atoms with Crippen LogP contribution in [0.4, 0.5) is 28.0 Å². The fourth-order valence-electron chi connectivity index (χ4n) is 4.78. The van der Waals surface area contributed by atoms with Gasteiger partial charge in [-0.3, -0.25) is 0 Å². The molecule has 9 heteroatoms. The lowest BCUT2D eigenvalue weighted by Gasteiger charge is -2.35. The van der Waals surface area contributed by atoms with Crippen LogP contribution in [0.2, 0.25) is 5.02 Å². The van der Waals surface area contributed by atoms with Gasteiger partial charge in [-0.1, -0.05) is 29.8 Å². The summed E-state index contributed by atoms with van der Waals surface area (Å²) in [7, 11) is 0. The van der Waals surface area contributed by atoms with E-state index in [1.807, 2.05) is 24.3 Å². The molecule has 188 valence electrons. The number of nitrogens with zero attached hydrogens (tertiary/aromatic N) is 2. The number of carbonyl (C=O) groups excluding carboxylic acids is 1. The van der Waals surface area contributed by atoms with Gasteiger partial charge < -0.3 is 15.1 Å². The van der Waals surface area contributed by atoms with Crippen LogP contribution in [-0.2, 0) is 6.18 Å². The van der Waals surface area contributed by atoms with Crippen LogP contribution in [0.5, 0.6) is 0 Å². The van der Waals surface area contributed by atoms with Crippen molar-refractivity contribution in [3.8, 4) is 0 Å². The molecule has 2 amide bonds. The Kier molecular flexibility index (Phi) is 8.02. The Bertz CT molecular complexity index is 1080. The van der Waals surface area contributed by atoms with Crippen molar-refractivity contribution >= 4 is 28.9 Å². The SMILES string of the molecule is O=C(Nc1cc(F)cc(C(F)(F)F)c1)N(CCN1CCCC1)C1CC=C(c2cccc(Cl)c2)CC1. The summed E-state index contributed by atoms with van der Waals surface area (Å²) in [5.41, 5.74) is 0.856. The van der Waals surface area contributed by atoms with E-state index in [-0.39, 0.29) is 11.7 Å². The summed E-state index contributed by atoms with van der Waals surface area (Å²) in [4.78, 5) is 17.2. The van der Waals surface area contributed by atoms with Gasteiger partial charge in [-0.2, -0.15) is 13.2 Å². The van der Waals surface area contributed by atoms with E-state index in [2.05, 4.69) is 16.3 Å². The van der Waals surface area contributed by atoms with Gasteiger partial charge in [0.05, 0.1) is 5.56 Å². The van der Waals surface area contributed by atoms with Crippen molar-refractivity contribution in [1.29, 1.82) is 0 Å². The molecule has 0 aromatic heterocycles.